The number of aryl methyl sites for hydroxylation is 1. The number of aromatic nitrogens is 4. The lowest BCUT2D eigenvalue weighted by atomic mass is 9.72. The average molecular weight is 665 g/mol. The monoisotopic (exact) mass is 663 g/mol. The molecule has 4 heterocycles. The highest BCUT2D eigenvalue weighted by Crippen LogP contribution is 2.43. The van der Waals surface area contributed by atoms with Crippen molar-refractivity contribution in [2.45, 2.75) is 26.2 Å². The fraction of sp³-hybridized carbons (Fsp3) is 0.419. The molecule has 2 aromatic carbocycles. The minimum Gasteiger partial charge on any atom is -0.494 e. The van der Waals surface area contributed by atoms with E-state index < -0.39 is 0 Å². The molecule has 0 atom stereocenters. The molecule has 0 unspecified atom stereocenters. The maximum absolute atomic E-state index is 5.88. The number of likely N-dealkylation sites (tertiary alicyclic amines) is 1. The predicted octanol–water partition coefficient (Wildman–Crippen LogP) is 6.49. The van der Waals surface area contributed by atoms with E-state index in [9.17, 15) is 0 Å². The molecule has 0 amide bonds. The van der Waals surface area contributed by atoms with Crippen molar-refractivity contribution in [2.75, 3.05) is 73.5 Å². The number of piperidine rings is 1. The first kappa shape index (κ1) is 29.7. The second kappa shape index (κ2) is 12.3. The van der Waals surface area contributed by atoms with Crippen LogP contribution in [0.4, 0.5) is 34.5 Å². The minimum absolute atomic E-state index is 0.466. The van der Waals surface area contributed by atoms with Crippen LogP contribution in [-0.4, -0.2) is 78.5 Å². The highest BCUT2D eigenvalue weighted by Gasteiger charge is 2.43. The Bertz CT molecular complexity index is 1620. The molecule has 2 aromatic heterocycles. The van der Waals surface area contributed by atoms with Crippen molar-refractivity contribution < 1.29 is 4.74 Å². The summed E-state index contributed by atoms with van der Waals surface area (Å²) in [5, 5.41) is 6.92. The molecule has 2 aliphatic heterocycles. The molecule has 6 rings (SSSR count). The summed E-state index contributed by atoms with van der Waals surface area (Å²) in [5.41, 5.74) is 7.33. The van der Waals surface area contributed by atoms with Gasteiger partial charge in [-0.3, -0.25) is 9.97 Å². The van der Waals surface area contributed by atoms with Crippen molar-refractivity contribution in [3.63, 3.8) is 0 Å². The van der Waals surface area contributed by atoms with Crippen LogP contribution in [0.5, 0.6) is 5.75 Å². The molecule has 10 nitrogen and oxygen atoms in total. The summed E-state index contributed by atoms with van der Waals surface area (Å²) in [7, 11) is 5.95. The van der Waals surface area contributed by atoms with Gasteiger partial charge < -0.3 is 29.5 Å². The summed E-state index contributed by atoms with van der Waals surface area (Å²) in [6.07, 6.45) is 10.6. The minimum atomic E-state index is 0.466. The van der Waals surface area contributed by atoms with E-state index in [1.807, 2.05) is 25.4 Å². The van der Waals surface area contributed by atoms with Crippen LogP contribution in [-0.2, 0) is 6.42 Å². The Morgan fingerprint density at radius 3 is 2.53 bits per heavy atom. The maximum Gasteiger partial charge on any atom is 0.229 e. The van der Waals surface area contributed by atoms with E-state index in [4.69, 9.17) is 9.72 Å². The van der Waals surface area contributed by atoms with Crippen LogP contribution < -0.4 is 24.6 Å². The summed E-state index contributed by atoms with van der Waals surface area (Å²) in [6.45, 7) is 6.81. The van der Waals surface area contributed by atoms with E-state index in [1.165, 1.54) is 37.2 Å². The van der Waals surface area contributed by atoms with Gasteiger partial charge >= 0.3 is 0 Å². The fourth-order valence-electron chi connectivity index (χ4n) is 6.39. The van der Waals surface area contributed by atoms with E-state index in [1.54, 1.807) is 37.6 Å². The van der Waals surface area contributed by atoms with Crippen molar-refractivity contribution in [3.8, 4) is 5.75 Å². The Balaban J connectivity index is 1.26. The van der Waals surface area contributed by atoms with Crippen LogP contribution in [0.25, 0.3) is 11.0 Å². The van der Waals surface area contributed by atoms with E-state index in [2.05, 4.69) is 81.7 Å². The number of nitrogens with one attached hydrogen (secondary N) is 2. The molecule has 0 bridgehead atoms. The standard InChI is InChI=1S/C31H38BrN9OS/c1-6-20-15-24(26(42-4)16-25(20)41-13-9-31(10-14-41)18-39(2)19-31)37-30-35-17-21(32)29(38-30)36-23-8-7-22-27(34-12-11-33-22)28(23)40(3)43-5/h7-8,11-12,15-17H,6,9-10,13-14,18-19H2,1-5H3,(H2,35,36,37,38). The summed E-state index contributed by atoms with van der Waals surface area (Å²) >= 11 is 5.23. The number of nitrogens with zero attached hydrogens (tertiary/aromatic N) is 7. The molecular formula is C31H38BrN9OS. The molecule has 1 spiro atoms. The molecular weight excluding hydrogens is 626 g/mol. The van der Waals surface area contributed by atoms with Crippen LogP contribution >= 0.6 is 27.9 Å². The molecule has 2 aliphatic rings. The van der Waals surface area contributed by atoms with E-state index in [0.29, 0.717) is 17.2 Å². The third kappa shape index (κ3) is 5.92. The lowest BCUT2D eigenvalue weighted by molar-refractivity contribution is 0.00129. The van der Waals surface area contributed by atoms with Crippen molar-refractivity contribution >= 4 is 73.4 Å². The number of rotatable bonds is 9. The van der Waals surface area contributed by atoms with E-state index in [0.717, 1.165) is 57.8 Å². The zero-order chi connectivity index (χ0) is 30.1. The zero-order valence-electron chi connectivity index (χ0n) is 25.3. The lowest BCUT2D eigenvalue weighted by Crippen LogP contribution is -2.58. The zero-order valence-corrected chi connectivity index (χ0v) is 27.7. The quantitative estimate of drug-likeness (QED) is 0.193. The Kier molecular flexibility index (Phi) is 8.52. The second-order valence-electron chi connectivity index (χ2n) is 11.4. The first-order valence-electron chi connectivity index (χ1n) is 14.6. The lowest BCUT2D eigenvalue weighted by Gasteiger charge is -2.53. The number of hydrogen-bond donors (Lipinski definition) is 2. The first-order chi connectivity index (χ1) is 20.8. The van der Waals surface area contributed by atoms with Gasteiger partial charge in [0.25, 0.3) is 0 Å². The number of anilines is 6. The van der Waals surface area contributed by atoms with E-state index in [-0.39, 0.29) is 0 Å². The molecule has 2 saturated heterocycles. The average Bonchev–Trinajstić information content (AvgIpc) is 3.01. The Labute approximate surface area is 265 Å². The van der Waals surface area contributed by atoms with Gasteiger partial charge in [-0.25, -0.2) is 4.98 Å². The third-order valence-electron chi connectivity index (χ3n) is 8.60. The largest absolute Gasteiger partial charge is 0.494 e. The maximum atomic E-state index is 5.88. The molecule has 43 heavy (non-hydrogen) atoms. The molecule has 12 heteroatoms. The number of fused-ring (bicyclic) bond motifs is 1. The summed E-state index contributed by atoms with van der Waals surface area (Å²) in [4.78, 5) is 23.5. The second-order valence-corrected chi connectivity index (χ2v) is 13.2. The van der Waals surface area contributed by atoms with Gasteiger partial charge in [0, 0.05) is 69.8 Å². The van der Waals surface area contributed by atoms with Gasteiger partial charge in [-0.2, -0.15) is 4.98 Å². The summed E-state index contributed by atoms with van der Waals surface area (Å²) in [6, 6.07) is 8.32. The summed E-state index contributed by atoms with van der Waals surface area (Å²) in [5.74, 6) is 1.87. The normalized spacial score (nSPS) is 16.3. The topological polar surface area (TPSA) is 94.6 Å². The first-order valence-corrected chi connectivity index (χ1v) is 16.5. The predicted molar refractivity (Wildman–Crippen MR) is 182 cm³/mol. The van der Waals surface area contributed by atoms with Crippen LogP contribution in [0.2, 0.25) is 0 Å². The molecule has 0 radical (unpaired) electrons. The number of ether oxygens (including phenoxy) is 1. The van der Waals surface area contributed by atoms with Crippen LogP contribution in [0.3, 0.4) is 0 Å². The van der Waals surface area contributed by atoms with Crippen molar-refractivity contribution in [1.29, 1.82) is 0 Å². The number of halogens is 1. The fourth-order valence-corrected chi connectivity index (χ4v) is 7.05. The molecule has 0 aliphatic carbocycles. The number of hydrogen-bond acceptors (Lipinski definition) is 11. The third-order valence-corrected chi connectivity index (χ3v) is 9.91. The Morgan fingerprint density at radius 2 is 1.84 bits per heavy atom. The highest BCUT2D eigenvalue weighted by atomic mass is 79.9. The summed E-state index contributed by atoms with van der Waals surface area (Å²) < 4.78 is 8.70. The van der Waals surface area contributed by atoms with Gasteiger partial charge in [-0.15, -0.1) is 0 Å². The molecule has 4 aromatic rings. The SMILES string of the molecule is CCc1cc(Nc2ncc(Br)c(Nc3ccc4nccnc4c3N(C)SC)n2)c(OC)cc1N1CCC2(CC1)CN(C)C2. The van der Waals surface area contributed by atoms with Crippen molar-refractivity contribution in [3.05, 3.63) is 52.9 Å². The molecule has 0 saturated carbocycles. The Morgan fingerprint density at radius 1 is 1.07 bits per heavy atom. The van der Waals surface area contributed by atoms with Crippen molar-refractivity contribution in [2.24, 2.45) is 5.41 Å². The Hall–Kier alpha value is -3.35. The van der Waals surface area contributed by atoms with Crippen molar-refractivity contribution in [1.82, 2.24) is 24.8 Å². The highest BCUT2D eigenvalue weighted by molar-refractivity contribution is 9.10. The van der Waals surface area contributed by atoms with Gasteiger partial charge in [0.15, 0.2) is 0 Å². The molecule has 226 valence electrons. The molecule has 2 N–H and O–H groups in total. The van der Waals surface area contributed by atoms with Gasteiger partial charge in [0.1, 0.15) is 17.1 Å². The van der Waals surface area contributed by atoms with Crippen LogP contribution in [0, 0.1) is 5.41 Å². The smallest absolute Gasteiger partial charge is 0.229 e. The number of methoxy groups -OCH3 is 1. The number of benzene rings is 2. The van der Waals surface area contributed by atoms with Gasteiger partial charge in [-0.05, 0) is 71.4 Å². The van der Waals surface area contributed by atoms with E-state index >= 15 is 0 Å². The van der Waals surface area contributed by atoms with Gasteiger partial charge in [0.05, 0.1) is 34.2 Å². The van der Waals surface area contributed by atoms with Crippen LogP contribution in [0.15, 0.2) is 47.3 Å². The molecule has 2 fully saturated rings. The van der Waals surface area contributed by atoms with Gasteiger partial charge in [0.2, 0.25) is 5.95 Å². The van der Waals surface area contributed by atoms with Crippen LogP contribution in [0.1, 0.15) is 25.3 Å². The van der Waals surface area contributed by atoms with Gasteiger partial charge in [-0.1, -0.05) is 18.9 Å².